The van der Waals surface area contributed by atoms with Crippen LogP contribution in [0.2, 0.25) is 0 Å². The zero-order chi connectivity index (χ0) is 40.5. The van der Waals surface area contributed by atoms with Crippen molar-refractivity contribution < 1.29 is 4.42 Å². The third-order valence-corrected chi connectivity index (χ3v) is 13.4. The molecule has 2 aliphatic carbocycles. The first-order valence-corrected chi connectivity index (χ1v) is 20.9. The second-order valence-corrected chi connectivity index (χ2v) is 19.9. The van der Waals surface area contributed by atoms with Crippen molar-refractivity contribution in [2.75, 3.05) is 4.90 Å². The summed E-state index contributed by atoms with van der Waals surface area (Å²) in [4.78, 5) is 2.45. The minimum Gasteiger partial charge on any atom is -0.453 e. The molecule has 288 valence electrons. The number of benzene rings is 7. The molecule has 0 amide bonds. The van der Waals surface area contributed by atoms with E-state index in [9.17, 15) is 0 Å². The molecule has 0 atom stereocenters. The van der Waals surface area contributed by atoms with Gasteiger partial charge in [0.25, 0.3) is 0 Å². The third-order valence-electron chi connectivity index (χ3n) is 13.4. The van der Waals surface area contributed by atoms with Gasteiger partial charge in [0.2, 0.25) is 0 Å². The Morgan fingerprint density at radius 2 is 0.897 bits per heavy atom. The van der Waals surface area contributed by atoms with E-state index in [0.29, 0.717) is 0 Å². The van der Waals surface area contributed by atoms with E-state index in [2.05, 4.69) is 214 Å². The van der Waals surface area contributed by atoms with Crippen LogP contribution in [0.15, 0.2) is 144 Å². The van der Waals surface area contributed by atoms with Crippen LogP contribution in [0.4, 0.5) is 17.1 Å². The fraction of sp³-hybridized carbons (Fsp3) is 0.250. The van der Waals surface area contributed by atoms with Gasteiger partial charge in [0.15, 0.2) is 5.58 Å². The van der Waals surface area contributed by atoms with E-state index in [4.69, 9.17) is 4.42 Å². The van der Waals surface area contributed by atoms with Crippen LogP contribution in [-0.2, 0) is 21.7 Å². The lowest BCUT2D eigenvalue weighted by atomic mass is 9.79. The van der Waals surface area contributed by atoms with Crippen LogP contribution in [0.3, 0.4) is 0 Å². The number of furan rings is 1. The van der Waals surface area contributed by atoms with Crippen molar-refractivity contribution in [1.29, 1.82) is 0 Å². The van der Waals surface area contributed by atoms with Crippen LogP contribution < -0.4 is 4.90 Å². The average Bonchev–Trinajstić information content (AvgIpc) is 3.77. The van der Waals surface area contributed by atoms with E-state index < -0.39 is 0 Å². The molecule has 1 heterocycles. The van der Waals surface area contributed by atoms with Crippen molar-refractivity contribution in [3.05, 3.63) is 173 Å². The molecule has 0 N–H and O–H groups in total. The minimum absolute atomic E-state index is 0.0733. The summed E-state index contributed by atoms with van der Waals surface area (Å²) in [7, 11) is 0. The van der Waals surface area contributed by atoms with Gasteiger partial charge in [0, 0.05) is 38.5 Å². The van der Waals surface area contributed by atoms with Gasteiger partial charge in [0.05, 0.1) is 5.69 Å². The quantitative estimate of drug-likeness (QED) is 0.178. The predicted octanol–water partition coefficient (Wildman–Crippen LogP) is 15.9. The highest BCUT2D eigenvalue weighted by molar-refractivity contribution is 6.13. The summed E-state index contributed by atoms with van der Waals surface area (Å²) in [5.41, 5.74) is 20.7. The van der Waals surface area contributed by atoms with Gasteiger partial charge in [-0.3, -0.25) is 0 Å². The molecule has 10 rings (SSSR count). The van der Waals surface area contributed by atoms with E-state index in [0.717, 1.165) is 50.1 Å². The number of hydrogen-bond donors (Lipinski definition) is 0. The molecule has 0 fully saturated rings. The molecule has 0 unspecified atom stereocenters. The van der Waals surface area contributed by atoms with Gasteiger partial charge in [-0.1, -0.05) is 178 Å². The molecule has 0 aliphatic heterocycles. The van der Waals surface area contributed by atoms with Crippen molar-refractivity contribution in [2.45, 2.75) is 90.9 Å². The van der Waals surface area contributed by atoms with Gasteiger partial charge in [-0.05, 0) is 102 Å². The van der Waals surface area contributed by atoms with E-state index in [1.165, 1.54) is 55.6 Å². The lowest BCUT2D eigenvalue weighted by Gasteiger charge is -2.30. The molecule has 0 saturated heterocycles. The molecular weight excluding hydrogens is 703 g/mol. The number of anilines is 3. The van der Waals surface area contributed by atoms with Crippen LogP contribution in [0.1, 0.15) is 103 Å². The fourth-order valence-corrected chi connectivity index (χ4v) is 9.95. The molecule has 0 saturated carbocycles. The van der Waals surface area contributed by atoms with Crippen LogP contribution in [-0.4, -0.2) is 0 Å². The maximum atomic E-state index is 7.16. The van der Waals surface area contributed by atoms with E-state index >= 15 is 0 Å². The van der Waals surface area contributed by atoms with Crippen LogP contribution in [0, 0.1) is 0 Å². The zero-order valence-electron chi connectivity index (χ0n) is 35.6. The van der Waals surface area contributed by atoms with Gasteiger partial charge < -0.3 is 9.32 Å². The van der Waals surface area contributed by atoms with Gasteiger partial charge in [-0.2, -0.15) is 0 Å². The van der Waals surface area contributed by atoms with Crippen LogP contribution in [0.25, 0.3) is 55.3 Å². The highest BCUT2D eigenvalue weighted by Gasteiger charge is 2.39. The summed E-state index contributed by atoms with van der Waals surface area (Å²) in [6.07, 6.45) is 0. The Morgan fingerprint density at radius 1 is 0.414 bits per heavy atom. The Kier molecular flexibility index (Phi) is 7.75. The standard InChI is InChI=1S/C56H53NO/c1-53(2,3)35-23-21-34(22-24-35)39-16-13-17-44-45-18-14-20-50(52(45)58-51(39)44)57(37-26-29-42-40-15-11-12-19-46(40)55(7,8)48(42)32-37)38-27-30-43-41-28-25-36(54(4,5)6)31-47(41)56(9,10)49(43)33-38/h11-33H,1-10H3. The average molecular weight is 756 g/mol. The van der Waals surface area contributed by atoms with Crippen molar-refractivity contribution in [3.63, 3.8) is 0 Å². The largest absolute Gasteiger partial charge is 0.453 e. The first-order chi connectivity index (χ1) is 27.5. The van der Waals surface area contributed by atoms with E-state index in [-0.39, 0.29) is 21.7 Å². The Morgan fingerprint density at radius 3 is 1.52 bits per heavy atom. The lowest BCUT2D eigenvalue weighted by molar-refractivity contribution is 0.584. The number of fused-ring (bicyclic) bond motifs is 9. The maximum Gasteiger partial charge on any atom is 0.159 e. The molecule has 1 aromatic heterocycles. The molecule has 8 aromatic rings. The second kappa shape index (κ2) is 12.3. The minimum atomic E-state index is -0.169. The molecule has 7 aromatic carbocycles. The highest BCUT2D eigenvalue weighted by atomic mass is 16.3. The molecular formula is C56H53NO. The SMILES string of the molecule is CC(C)(C)c1ccc(-c2cccc3c2oc2c(N(c4ccc5c(c4)C(C)(C)c4ccccc4-5)c4ccc5c(c4)C(C)(C)c4cc(C(C)(C)C)ccc4-5)cccc23)cc1. The van der Waals surface area contributed by atoms with Crippen molar-refractivity contribution in [1.82, 2.24) is 0 Å². The van der Waals surface area contributed by atoms with Gasteiger partial charge in [0.1, 0.15) is 5.58 Å². The molecule has 58 heavy (non-hydrogen) atoms. The van der Waals surface area contributed by atoms with E-state index in [1.807, 2.05) is 0 Å². The van der Waals surface area contributed by atoms with Crippen LogP contribution in [0.5, 0.6) is 0 Å². The van der Waals surface area contributed by atoms with Crippen molar-refractivity contribution in [2.24, 2.45) is 0 Å². The summed E-state index contributed by atoms with van der Waals surface area (Å²) in [6, 6.07) is 52.4. The lowest BCUT2D eigenvalue weighted by Crippen LogP contribution is -2.19. The Balaban J connectivity index is 1.19. The summed E-state index contributed by atoms with van der Waals surface area (Å²) < 4.78 is 7.16. The van der Waals surface area contributed by atoms with Crippen molar-refractivity contribution in [3.8, 4) is 33.4 Å². The Bertz CT molecular complexity index is 2960. The summed E-state index contributed by atoms with van der Waals surface area (Å²) in [5.74, 6) is 0. The predicted molar refractivity (Wildman–Crippen MR) is 246 cm³/mol. The number of hydrogen-bond acceptors (Lipinski definition) is 2. The molecule has 2 heteroatoms. The number of para-hydroxylation sites is 2. The normalized spacial score (nSPS) is 15.0. The van der Waals surface area contributed by atoms with Gasteiger partial charge in [-0.15, -0.1) is 0 Å². The molecule has 0 radical (unpaired) electrons. The van der Waals surface area contributed by atoms with E-state index in [1.54, 1.807) is 0 Å². The monoisotopic (exact) mass is 755 g/mol. The zero-order valence-corrected chi connectivity index (χ0v) is 35.6. The topological polar surface area (TPSA) is 16.4 Å². The number of rotatable bonds is 4. The first kappa shape index (κ1) is 36.5. The maximum absolute atomic E-state index is 7.16. The summed E-state index contributed by atoms with van der Waals surface area (Å²) >= 11 is 0. The first-order valence-electron chi connectivity index (χ1n) is 20.9. The molecule has 2 aliphatic rings. The van der Waals surface area contributed by atoms with Gasteiger partial charge in [-0.25, -0.2) is 0 Å². The smallest absolute Gasteiger partial charge is 0.159 e. The second-order valence-electron chi connectivity index (χ2n) is 19.9. The molecule has 2 nitrogen and oxygen atoms in total. The van der Waals surface area contributed by atoms with Gasteiger partial charge >= 0.3 is 0 Å². The Hall–Kier alpha value is -5.86. The Labute approximate surface area is 344 Å². The summed E-state index contributed by atoms with van der Waals surface area (Å²) in [5, 5.41) is 2.24. The molecule has 0 spiro atoms. The highest BCUT2D eigenvalue weighted by Crippen LogP contribution is 2.54. The summed E-state index contributed by atoms with van der Waals surface area (Å²) in [6.45, 7) is 23.2. The molecule has 0 bridgehead atoms. The van der Waals surface area contributed by atoms with Crippen molar-refractivity contribution >= 4 is 39.0 Å². The third kappa shape index (κ3) is 5.37. The fourth-order valence-electron chi connectivity index (χ4n) is 9.95. The van der Waals surface area contributed by atoms with Crippen LogP contribution >= 0.6 is 0 Å². The number of nitrogens with zero attached hydrogens (tertiary/aromatic N) is 1.